The number of rotatable bonds is 4. The Kier molecular flexibility index (Phi) is 5.53. The molecule has 0 radical (unpaired) electrons. The van der Waals surface area contributed by atoms with Crippen molar-refractivity contribution in [2.45, 2.75) is 13.0 Å². The lowest BCUT2D eigenvalue weighted by Crippen LogP contribution is -2.53. The molecule has 2 amide bonds. The van der Waals surface area contributed by atoms with E-state index in [9.17, 15) is 14.4 Å². The molecule has 1 atom stereocenters. The number of nitrogens with zero attached hydrogens (tertiary/aromatic N) is 3. The molecule has 1 unspecified atom stereocenters. The maximum atomic E-state index is 13.0. The number of para-hydroxylation sites is 1. The summed E-state index contributed by atoms with van der Waals surface area (Å²) in [7, 11) is 0. The van der Waals surface area contributed by atoms with Gasteiger partial charge in [0.1, 0.15) is 0 Å². The Morgan fingerprint density at radius 2 is 1.77 bits per heavy atom. The summed E-state index contributed by atoms with van der Waals surface area (Å²) in [5, 5.41) is 0.719. The van der Waals surface area contributed by atoms with Crippen molar-refractivity contribution in [3.05, 3.63) is 60.3 Å². The van der Waals surface area contributed by atoms with Gasteiger partial charge in [0.15, 0.2) is 0 Å². The Morgan fingerprint density at radius 1 is 1.03 bits per heavy atom. The number of amides is 2. The zero-order chi connectivity index (χ0) is 21.1. The highest BCUT2D eigenvalue weighted by atomic mass is 16.2. The monoisotopic (exact) mass is 401 g/mol. The molecule has 1 aromatic heterocycles. The number of benzene rings is 1. The highest BCUT2D eigenvalue weighted by Gasteiger charge is 2.31. The second-order valence-electron chi connectivity index (χ2n) is 7.49. The van der Waals surface area contributed by atoms with Gasteiger partial charge >= 0.3 is 0 Å². The van der Waals surface area contributed by atoms with Gasteiger partial charge in [-0.25, -0.2) is 0 Å². The number of carbonyl (C=O) groups is 3. The van der Waals surface area contributed by atoms with Gasteiger partial charge in [-0.15, -0.1) is 6.42 Å². The molecule has 0 bridgehead atoms. The van der Waals surface area contributed by atoms with Crippen LogP contribution in [0.15, 0.2) is 54.8 Å². The number of fused-ring (bicyclic) bond motifs is 1. The van der Waals surface area contributed by atoms with Crippen molar-refractivity contribution >= 4 is 28.5 Å². The van der Waals surface area contributed by atoms with Crippen LogP contribution in [0.3, 0.4) is 0 Å². The van der Waals surface area contributed by atoms with Gasteiger partial charge in [0.05, 0.1) is 18.0 Å². The number of ketones is 1. The van der Waals surface area contributed by atoms with Crippen LogP contribution in [0.1, 0.15) is 16.8 Å². The smallest absolute Gasteiger partial charge is 0.295 e. The van der Waals surface area contributed by atoms with Crippen LogP contribution in [0.2, 0.25) is 0 Å². The predicted octanol–water partition coefficient (Wildman–Crippen LogP) is 2.26. The van der Waals surface area contributed by atoms with Crippen molar-refractivity contribution in [2.24, 2.45) is 5.92 Å². The van der Waals surface area contributed by atoms with Crippen LogP contribution in [-0.2, 0) is 16.1 Å². The molecule has 30 heavy (non-hydrogen) atoms. The molecule has 1 aromatic carbocycles. The normalized spacial score (nSPS) is 18.4. The van der Waals surface area contributed by atoms with Gasteiger partial charge in [-0.1, -0.05) is 48.4 Å². The van der Waals surface area contributed by atoms with E-state index in [4.69, 9.17) is 6.42 Å². The lowest BCUT2D eigenvalue weighted by Gasteiger charge is -2.35. The van der Waals surface area contributed by atoms with Crippen molar-refractivity contribution < 1.29 is 14.4 Å². The maximum Gasteiger partial charge on any atom is 0.295 e. The molecule has 2 aromatic rings. The number of terminal acetylenes is 1. The number of allylic oxidation sites excluding steroid dienone is 3. The highest BCUT2D eigenvalue weighted by Crippen LogP contribution is 2.23. The molecule has 6 heteroatoms. The van der Waals surface area contributed by atoms with Gasteiger partial charge in [0.2, 0.25) is 5.91 Å². The molecule has 2 heterocycles. The molecule has 6 nitrogen and oxygen atoms in total. The third kappa shape index (κ3) is 3.67. The lowest BCUT2D eigenvalue weighted by atomic mass is 9.99. The molecule has 1 aliphatic carbocycles. The number of piperazine rings is 1. The van der Waals surface area contributed by atoms with Crippen molar-refractivity contribution in [3.63, 3.8) is 0 Å². The van der Waals surface area contributed by atoms with Crippen molar-refractivity contribution in [1.82, 2.24) is 14.4 Å². The van der Waals surface area contributed by atoms with Crippen LogP contribution >= 0.6 is 0 Å². The first-order chi connectivity index (χ1) is 14.6. The Hall–Kier alpha value is -3.59. The molecule has 4 rings (SSSR count). The largest absolute Gasteiger partial charge is 0.339 e. The second kappa shape index (κ2) is 8.42. The second-order valence-corrected chi connectivity index (χ2v) is 7.49. The molecule has 1 saturated heterocycles. The predicted molar refractivity (Wildman–Crippen MR) is 115 cm³/mol. The lowest BCUT2D eigenvalue weighted by molar-refractivity contribution is -0.139. The van der Waals surface area contributed by atoms with E-state index in [2.05, 4.69) is 5.92 Å². The van der Waals surface area contributed by atoms with E-state index in [0.29, 0.717) is 44.7 Å². The standard InChI is InChI=1S/C24H23N3O3/c1-2-12-27-17-20(19-10-6-7-11-21(19)27)22(28)24(30)26-15-13-25(14-16-26)23(29)18-8-4-3-5-9-18/h1,3-8,10-11,17-18H,9,12-16H2. The summed E-state index contributed by atoms with van der Waals surface area (Å²) in [6, 6.07) is 7.42. The molecular weight excluding hydrogens is 378 g/mol. The van der Waals surface area contributed by atoms with Gasteiger partial charge in [-0.05, 0) is 12.5 Å². The van der Waals surface area contributed by atoms with Crippen LogP contribution in [0.4, 0.5) is 0 Å². The summed E-state index contributed by atoms with van der Waals surface area (Å²) in [6.45, 7) is 1.90. The van der Waals surface area contributed by atoms with Crippen LogP contribution in [0, 0.1) is 18.3 Å². The Bertz CT molecular complexity index is 1090. The van der Waals surface area contributed by atoms with Crippen LogP contribution in [-0.4, -0.2) is 58.1 Å². The summed E-state index contributed by atoms with van der Waals surface area (Å²) in [5.74, 6) is 1.44. The molecule has 0 saturated carbocycles. The van der Waals surface area contributed by atoms with Gasteiger partial charge in [-0.2, -0.15) is 0 Å². The zero-order valence-corrected chi connectivity index (χ0v) is 16.7. The first kappa shape index (κ1) is 19.7. The first-order valence-corrected chi connectivity index (χ1v) is 10.1. The van der Waals surface area contributed by atoms with Gasteiger partial charge < -0.3 is 14.4 Å². The average Bonchev–Trinajstić information content (AvgIpc) is 3.17. The molecular formula is C24H23N3O3. The van der Waals surface area contributed by atoms with E-state index in [0.717, 1.165) is 10.9 Å². The fourth-order valence-corrected chi connectivity index (χ4v) is 4.04. The molecule has 1 aliphatic heterocycles. The molecule has 152 valence electrons. The number of Topliss-reactive ketones (excluding diaryl/α,β-unsaturated/α-hetero) is 1. The number of aromatic nitrogens is 1. The molecule has 0 spiro atoms. The van der Waals surface area contributed by atoms with Crippen molar-refractivity contribution in [1.29, 1.82) is 0 Å². The minimum atomic E-state index is -0.540. The number of hydrogen-bond donors (Lipinski definition) is 0. The quantitative estimate of drug-likeness (QED) is 0.449. The van der Waals surface area contributed by atoms with Crippen LogP contribution < -0.4 is 0 Å². The highest BCUT2D eigenvalue weighted by molar-refractivity contribution is 6.44. The van der Waals surface area contributed by atoms with E-state index in [1.165, 1.54) is 4.90 Å². The summed E-state index contributed by atoms with van der Waals surface area (Å²) in [5.41, 5.74) is 1.19. The van der Waals surface area contributed by atoms with E-state index < -0.39 is 11.7 Å². The van der Waals surface area contributed by atoms with Crippen LogP contribution in [0.25, 0.3) is 10.9 Å². The SMILES string of the molecule is C#CCn1cc(C(=O)C(=O)N2CCN(C(=O)C3C=CC=CC3)CC2)c2ccccc21. The number of hydrogen-bond acceptors (Lipinski definition) is 3. The molecule has 0 N–H and O–H groups in total. The summed E-state index contributed by atoms with van der Waals surface area (Å²) in [4.78, 5) is 41.8. The Labute approximate surface area is 175 Å². The molecule has 2 aliphatic rings. The van der Waals surface area contributed by atoms with E-state index >= 15 is 0 Å². The Balaban J connectivity index is 1.45. The average molecular weight is 401 g/mol. The van der Waals surface area contributed by atoms with E-state index in [-0.39, 0.29) is 11.8 Å². The topological polar surface area (TPSA) is 62.6 Å². The summed E-state index contributed by atoms with van der Waals surface area (Å²) in [6.07, 6.45) is 15.5. The third-order valence-electron chi connectivity index (χ3n) is 5.67. The zero-order valence-electron chi connectivity index (χ0n) is 16.7. The Morgan fingerprint density at radius 3 is 2.47 bits per heavy atom. The van der Waals surface area contributed by atoms with Crippen LogP contribution in [0.5, 0.6) is 0 Å². The maximum absolute atomic E-state index is 13.0. The van der Waals surface area contributed by atoms with E-state index in [1.807, 2.05) is 48.6 Å². The van der Waals surface area contributed by atoms with Gasteiger partial charge in [0.25, 0.3) is 11.7 Å². The van der Waals surface area contributed by atoms with Gasteiger partial charge in [0, 0.05) is 43.3 Å². The first-order valence-electron chi connectivity index (χ1n) is 10.1. The third-order valence-corrected chi connectivity index (χ3v) is 5.67. The van der Waals surface area contributed by atoms with Crippen molar-refractivity contribution in [2.75, 3.05) is 26.2 Å². The van der Waals surface area contributed by atoms with Gasteiger partial charge in [-0.3, -0.25) is 14.4 Å². The van der Waals surface area contributed by atoms with Crippen molar-refractivity contribution in [3.8, 4) is 12.3 Å². The fraction of sp³-hybridized carbons (Fsp3) is 0.292. The fourth-order valence-electron chi connectivity index (χ4n) is 4.04. The molecule has 1 fully saturated rings. The summed E-state index contributed by atoms with van der Waals surface area (Å²) >= 11 is 0. The summed E-state index contributed by atoms with van der Waals surface area (Å²) < 4.78 is 1.80. The number of carbonyl (C=O) groups excluding carboxylic acids is 3. The minimum Gasteiger partial charge on any atom is -0.339 e. The van der Waals surface area contributed by atoms with E-state index in [1.54, 1.807) is 15.7 Å². The minimum absolute atomic E-state index is 0.0754.